The summed E-state index contributed by atoms with van der Waals surface area (Å²) in [7, 11) is 0. The molecule has 0 bridgehead atoms. The lowest BCUT2D eigenvalue weighted by atomic mass is 10.1. The lowest BCUT2D eigenvalue weighted by molar-refractivity contribution is 0.661. The second-order valence-electron chi connectivity index (χ2n) is 5.22. The molecule has 3 rings (SSSR count). The van der Waals surface area contributed by atoms with Crippen molar-refractivity contribution in [2.75, 3.05) is 13.1 Å². The molecule has 0 radical (unpaired) electrons. The number of rotatable bonds is 6. The van der Waals surface area contributed by atoms with Gasteiger partial charge in [-0.3, -0.25) is 0 Å². The van der Waals surface area contributed by atoms with E-state index in [9.17, 15) is 0 Å². The molecule has 2 aromatic rings. The number of hydrogen-bond acceptors (Lipinski definition) is 3. The lowest BCUT2D eigenvalue weighted by Crippen LogP contribution is -2.16. The summed E-state index contributed by atoms with van der Waals surface area (Å²) in [6, 6.07) is 8.75. The molecule has 1 aliphatic rings. The Morgan fingerprint density at radius 1 is 1.40 bits per heavy atom. The molecule has 0 saturated carbocycles. The molecule has 1 unspecified atom stereocenters. The van der Waals surface area contributed by atoms with Crippen molar-refractivity contribution in [2.45, 2.75) is 36.5 Å². The molecule has 1 atom stereocenters. The minimum Gasteiger partial charge on any atom is -0.336 e. The third-order valence-corrected chi connectivity index (χ3v) is 4.92. The van der Waals surface area contributed by atoms with Crippen LogP contribution >= 0.6 is 11.8 Å². The topological polar surface area (TPSA) is 29.9 Å². The van der Waals surface area contributed by atoms with Crippen LogP contribution in [0, 0.1) is 0 Å². The number of nitrogens with zero attached hydrogens (tertiary/aromatic N) is 2. The highest BCUT2D eigenvalue weighted by molar-refractivity contribution is 8.00. The van der Waals surface area contributed by atoms with Crippen LogP contribution < -0.4 is 5.32 Å². The van der Waals surface area contributed by atoms with Crippen LogP contribution in [0.15, 0.2) is 41.7 Å². The van der Waals surface area contributed by atoms with Crippen LogP contribution in [0.5, 0.6) is 0 Å². The van der Waals surface area contributed by atoms with E-state index in [1.807, 2.05) is 18.1 Å². The van der Waals surface area contributed by atoms with E-state index in [4.69, 9.17) is 0 Å². The van der Waals surface area contributed by atoms with Crippen molar-refractivity contribution < 1.29 is 0 Å². The van der Waals surface area contributed by atoms with E-state index >= 15 is 0 Å². The predicted molar refractivity (Wildman–Crippen MR) is 84.3 cm³/mol. The first-order valence-corrected chi connectivity index (χ1v) is 8.19. The molecule has 106 valence electrons. The van der Waals surface area contributed by atoms with Gasteiger partial charge in [0.1, 0.15) is 0 Å². The highest BCUT2D eigenvalue weighted by Gasteiger charge is 2.21. The van der Waals surface area contributed by atoms with E-state index in [1.165, 1.54) is 22.6 Å². The summed E-state index contributed by atoms with van der Waals surface area (Å²) in [4.78, 5) is 5.94. The fourth-order valence-electron chi connectivity index (χ4n) is 2.62. The van der Waals surface area contributed by atoms with Gasteiger partial charge in [0, 0.05) is 35.9 Å². The van der Waals surface area contributed by atoms with Crippen LogP contribution in [-0.4, -0.2) is 27.9 Å². The summed E-state index contributed by atoms with van der Waals surface area (Å²) in [5.74, 6) is 0. The van der Waals surface area contributed by atoms with E-state index in [-0.39, 0.29) is 0 Å². The lowest BCUT2D eigenvalue weighted by Gasteiger charge is -2.08. The molecule has 0 saturated heterocycles. The maximum absolute atomic E-state index is 4.49. The quantitative estimate of drug-likeness (QED) is 0.829. The molecular weight excluding hydrogens is 266 g/mol. The number of nitrogens with one attached hydrogen (secondary N) is 1. The maximum atomic E-state index is 4.49. The molecule has 0 aliphatic carbocycles. The molecule has 2 heterocycles. The zero-order valence-electron chi connectivity index (χ0n) is 11.9. The summed E-state index contributed by atoms with van der Waals surface area (Å²) in [5, 5.41) is 3.98. The van der Waals surface area contributed by atoms with Crippen molar-refractivity contribution in [1.29, 1.82) is 0 Å². The van der Waals surface area contributed by atoms with E-state index in [0.29, 0.717) is 5.25 Å². The minimum atomic E-state index is 0.642. The first-order chi connectivity index (χ1) is 9.85. The largest absolute Gasteiger partial charge is 0.336 e. The highest BCUT2D eigenvalue weighted by Crippen LogP contribution is 2.37. The molecule has 1 aromatic carbocycles. The normalized spacial score (nSPS) is 17.4. The molecule has 0 spiro atoms. The van der Waals surface area contributed by atoms with Crippen LogP contribution in [0.2, 0.25) is 0 Å². The van der Waals surface area contributed by atoms with Gasteiger partial charge in [0.2, 0.25) is 0 Å². The number of thioether (sulfide) groups is 1. The molecule has 0 fully saturated rings. The van der Waals surface area contributed by atoms with Gasteiger partial charge in [-0.1, -0.05) is 25.1 Å². The second kappa shape index (κ2) is 6.46. The average Bonchev–Trinajstić information content (AvgIpc) is 3.05. The highest BCUT2D eigenvalue weighted by atomic mass is 32.2. The number of benzene rings is 1. The van der Waals surface area contributed by atoms with E-state index in [2.05, 4.69) is 52.3 Å². The Morgan fingerprint density at radius 2 is 2.30 bits per heavy atom. The number of imidazole rings is 1. The SMILES string of the molecule is CCNCCc1cn(CC2Cc3ccccc3S2)cn1. The Bertz CT molecular complexity index is 539. The van der Waals surface area contributed by atoms with E-state index in [0.717, 1.165) is 26.1 Å². The van der Waals surface area contributed by atoms with Crippen molar-refractivity contribution in [3.8, 4) is 0 Å². The Morgan fingerprint density at radius 3 is 3.15 bits per heavy atom. The molecule has 3 nitrogen and oxygen atoms in total. The molecule has 1 aromatic heterocycles. The van der Waals surface area contributed by atoms with Crippen molar-refractivity contribution in [3.63, 3.8) is 0 Å². The summed E-state index contributed by atoms with van der Waals surface area (Å²) < 4.78 is 2.24. The van der Waals surface area contributed by atoms with Crippen LogP contribution in [-0.2, 0) is 19.4 Å². The zero-order chi connectivity index (χ0) is 13.8. The van der Waals surface area contributed by atoms with Gasteiger partial charge >= 0.3 is 0 Å². The summed E-state index contributed by atoms with van der Waals surface area (Å²) in [6.45, 7) is 5.22. The number of likely N-dealkylation sites (N-methyl/N-ethyl adjacent to an activating group) is 1. The Labute approximate surface area is 124 Å². The molecule has 0 amide bonds. The molecule has 1 N–H and O–H groups in total. The van der Waals surface area contributed by atoms with Crippen LogP contribution in [0.1, 0.15) is 18.2 Å². The van der Waals surface area contributed by atoms with Crippen molar-refractivity contribution >= 4 is 11.8 Å². The third kappa shape index (κ3) is 3.25. The van der Waals surface area contributed by atoms with Gasteiger partial charge in [-0.15, -0.1) is 11.8 Å². The van der Waals surface area contributed by atoms with Crippen LogP contribution in [0.25, 0.3) is 0 Å². The fourth-order valence-corrected chi connectivity index (χ4v) is 3.95. The minimum absolute atomic E-state index is 0.642. The summed E-state index contributed by atoms with van der Waals surface area (Å²) in [6.07, 6.45) is 6.36. The van der Waals surface area contributed by atoms with Gasteiger partial charge in [0.15, 0.2) is 0 Å². The molecule has 1 aliphatic heterocycles. The molecule has 4 heteroatoms. The number of fused-ring (bicyclic) bond motifs is 1. The standard InChI is InChI=1S/C16H21N3S/c1-2-17-8-7-14-10-19(12-18-14)11-15-9-13-5-3-4-6-16(13)20-15/h3-6,10,12,15,17H,2,7-9,11H2,1H3. The van der Waals surface area contributed by atoms with Gasteiger partial charge in [-0.2, -0.15) is 0 Å². The average molecular weight is 287 g/mol. The second-order valence-corrected chi connectivity index (χ2v) is 6.56. The number of aromatic nitrogens is 2. The summed E-state index contributed by atoms with van der Waals surface area (Å²) in [5.41, 5.74) is 2.68. The number of hydrogen-bond donors (Lipinski definition) is 1. The van der Waals surface area contributed by atoms with Gasteiger partial charge in [0.25, 0.3) is 0 Å². The van der Waals surface area contributed by atoms with Crippen molar-refractivity contribution in [1.82, 2.24) is 14.9 Å². The van der Waals surface area contributed by atoms with E-state index < -0.39 is 0 Å². The maximum Gasteiger partial charge on any atom is 0.0949 e. The Kier molecular flexibility index (Phi) is 4.43. The first-order valence-electron chi connectivity index (χ1n) is 7.31. The Hall–Kier alpha value is -1.26. The monoisotopic (exact) mass is 287 g/mol. The summed E-state index contributed by atoms with van der Waals surface area (Å²) >= 11 is 2.00. The fraction of sp³-hybridized carbons (Fsp3) is 0.438. The van der Waals surface area contributed by atoms with Gasteiger partial charge < -0.3 is 9.88 Å². The van der Waals surface area contributed by atoms with Crippen molar-refractivity contribution in [2.24, 2.45) is 0 Å². The van der Waals surface area contributed by atoms with E-state index in [1.54, 1.807) is 0 Å². The Balaban J connectivity index is 1.55. The predicted octanol–water partition coefficient (Wildman–Crippen LogP) is 2.75. The van der Waals surface area contributed by atoms with Gasteiger partial charge in [-0.05, 0) is 24.6 Å². The third-order valence-electron chi connectivity index (χ3n) is 3.62. The van der Waals surface area contributed by atoms with Gasteiger partial charge in [-0.25, -0.2) is 4.98 Å². The van der Waals surface area contributed by atoms with Crippen LogP contribution in [0.3, 0.4) is 0 Å². The molecule has 20 heavy (non-hydrogen) atoms. The van der Waals surface area contributed by atoms with Gasteiger partial charge in [0.05, 0.1) is 12.0 Å². The first kappa shape index (κ1) is 13.7. The molecular formula is C16H21N3S. The van der Waals surface area contributed by atoms with Crippen molar-refractivity contribution in [3.05, 3.63) is 48.0 Å². The zero-order valence-corrected chi connectivity index (χ0v) is 12.7. The smallest absolute Gasteiger partial charge is 0.0949 e. The van der Waals surface area contributed by atoms with Crippen LogP contribution in [0.4, 0.5) is 0 Å².